The number of hydrogen-bond acceptors (Lipinski definition) is 14. The zero-order valence-corrected chi connectivity index (χ0v) is 34.1. The number of nitrogens with one attached hydrogen (secondary N) is 2. The van der Waals surface area contributed by atoms with E-state index < -0.39 is 47.9 Å². The summed E-state index contributed by atoms with van der Waals surface area (Å²) in [7, 11) is 2.98. The zero-order chi connectivity index (χ0) is 42.0. The van der Waals surface area contributed by atoms with E-state index in [1.807, 2.05) is 0 Å². The standard InChI is InChI=1S/C42H52N4O11/c1-23(2)56-41(49)35-27(7)43-25(5)33(39(47)54-19-17-52-9)37(35)29-13-11-15-31(21-29)45-46(51)32-16-12-14-30(22-32)38-34(40(48)55-20-18-53-10)26(6)44-28(8)36(38)42(50)57-24(3)4/h11-16,21-24,37-38,43-44H,17-20H2,1-10H3. The SMILES string of the molecule is COCCOC(=O)C1=C(C)NC(C)=C(C(=O)OC(C)C)C1c1cccc(N=[N+]([O-])c2cccc(C3C(C(=O)OCCOC)=C(C)NC(C)=C3C(=O)OC(C)C)c2)c1. The number of esters is 4. The first-order valence-electron chi connectivity index (χ1n) is 18.6. The van der Waals surface area contributed by atoms with E-state index in [9.17, 15) is 24.4 Å². The molecule has 306 valence electrons. The fourth-order valence-corrected chi connectivity index (χ4v) is 6.64. The molecule has 0 spiro atoms. The first-order valence-corrected chi connectivity index (χ1v) is 18.6. The van der Waals surface area contributed by atoms with Gasteiger partial charge in [0.15, 0.2) is 0 Å². The highest BCUT2D eigenvalue weighted by atomic mass is 16.6. The Morgan fingerprint density at radius 1 is 0.632 bits per heavy atom. The first kappa shape index (κ1) is 43.9. The number of azo groups is 1. The van der Waals surface area contributed by atoms with Crippen LogP contribution in [0.1, 0.15) is 78.4 Å². The summed E-state index contributed by atoms with van der Waals surface area (Å²) in [5.41, 5.74) is 3.89. The molecule has 57 heavy (non-hydrogen) atoms. The maximum atomic E-state index is 13.9. The lowest BCUT2D eigenvalue weighted by Crippen LogP contribution is -2.33. The highest BCUT2D eigenvalue weighted by molar-refractivity contribution is 6.01. The molecule has 0 bridgehead atoms. The fraction of sp³-hybridized carbons (Fsp3) is 0.429. The van der Waals surface area contributed by atoms with E-state index in [2.05, 4.69) is 15.7 Å². The largest absolute Gasteiger partial charge is 0.594 e. The van der Waals surface area contributed by atoms with Crippen LogP contribution in [-0.4, -0.2) is 81.6 Å². The number of carbonyl (C=O) groups excluding carboxylic acids is 4. The summed E-state index contributed by atoms with van der Waals surface area (Å²) in [6.45, 7) is 14.1. The van der Waals surface area contributed by atoms with Crippen molar-refractivity contribution in [1.82, 2.24) is 10.6 Å². The van der Waals surface area contributed by atoms with Crippen LogP contribution >= 0.6 is 0 Å². The van der Waals surface area contributed by atoms with Crippen LogP contribution in [0.25, 0.3) is 0 Å². The summed E-state index contributed by atoms with van der Waals surface area (Å²) in [5, 5.41) is 24.4. The van der Waals surface area contributed by atoms with Crippen molar-refractivity contribution in [2.45, 2.75) is 79.4 Å². The summed E-state index contributed by atoms with van der Waals surface area (Å²) >= 11 is 0. The molecule has 0 radical (unpaired) electrons. The molecule has 0 amide bonds. The lowest BCUT2D eigenvalue weighted by atomic mass is 9.80. The van der Waals surface area contributed by atoms with Crippen LogP contribution in [0.15, 0.2) is 98.7 Å². The molecule has 2 aromatic rings. The van der Waals surface area contributed by atoms with Gasteiger partial charge in [0.25, 0.3) is 0 Å². The first-order chi connectivity index (χ1) is 27.1. The van der Waals surface area contributed by atoms with Gasteiger partial charge in [-0.1, -0.05) is 29.1 Å². The Bertz CT molecular complexity index is 2030. The van der Waals surface area contributed by atoms with E-state index in [-0.39, 0.29) is 60.1 Å². The molecular formula is C42H52N4O11. The third-order valence-corrected chi connectivity index (χ3v) is 8.96. The van der Waals surface area contributed by atoms with Crippen LogP contribution in [0, 0.1) is 5.21 Å². The molecule has 2 heterocycles. The minimum atomic E-state index is -0.958. The van der Waals surface area contributed by atoms with Crippen molar-refractivity contribution in [3.05, 3.63) is 110 Å². The van der Waals surface area contributed by atoms with E-state index >= 15 is 0 Å². The third kappa shape index (κ3) is 10.7. The summed E-state index contributed by atoms with van der Waals surface area (Å²) in [5.74, 6) is -4.46. The Balaban J connectivity index is 1.80. The molecule has 2 unspecified atom stereocenters. The van der Waals surface area contributed by atoms with Crippen LogP contribution < -0.4 is 10.6 Å². The monoisotopic (exact) mass is 788 g/mol. The number of nitrogens with zero attached hydrogens (tertiary/aromatic N) is 2. The minimum absolute atomic E-state index is 0.00807. The van der Waals surface area contributed by atoms with Gasteiger partial charge < -0.3 is 44.3 Å². The third-order valence-electron chi connectivity index (χ3n) is 8.96. The average Bonchev–Trinajstić information content (AvgIpc) is 3.13. The smallest absolute Gasteiger partial charge is 0.337 e. The Morgan fingerprint density at radius 3 is 1.46 bits per heavy atom. The van der Waals surface area contributed by atoms with Crippen molar-refractivity contribution in [2.75, 3.05) is 40.6 Å². The Kier molecular flexibility index (Phi) is 15.3. The van der Waals surface area contributed by atoms with Crippen LogP contribution in [0.5, 0.6) is 0 Å². The number of benzene rings is 2. The number of rotatable bonds is 16. The van der Waals surface area contributed by atoms with Gasteiger partial charge in [-0.15, -0.1) is 0 Å². The van der Waals surface area contributed by atoms with Gasteiger partial charge in [0.2, 0.25) is 5.69 Å². The second-order valence-corrected chi connectivity index (χ2v) is 14.0. The number of hydrogen-bond donors (Lipinski definition) is 2. The number of dihydropyridines is 2. The van der Waals surface area contributed by atoms with Crippen molar-refractivity contribution >= 4 is 35.3 Å². The van der Waals surface area contributed by atoms with Gasteiger partial charge >= 0.3 is 23.9 Å². The lowest BCUT2D eigenvalue weighted by Gasteiger charge is -2.31. The van der Waals surface area contributed by atoms with Gasteiger partial charge in [0.05, 0.1) is 59.5 Å². The molecule has 0 aromatic heterocycles. The molecule has 15 nitrogen and oxygen atoms in total. The highest BCUT2D eigenvalue weighted by Gasteiger charge is 2.40. The van der Waals surface area contributed by atoms with Crippen LogP contribution in [0.2, 0.25) is 0 Å². The Hall–Kier alpha value is -5.80. The molecule has 0 saturated carbocycles. The lowest BCUT2D eigenvalue weighted by molar-refractivity contribution is -0.435. The van der Waals surface area contributed by atoms with Gasteiger partial charge in [0.1, 0.15) is 18.9 Å². The number of ether oxygens (including phenoxy) is 6. The minimum Gasteiger partial charge on any atom is -0.594 e. The number of allylic oxidation sites excluding steroid dienone is 4. The molecule has 0 aliphatic carbocycles. The molecule has 2 aromatic carbocycles. The van der Waals surface area contributed by atoms with Crippen molar-refractivity contribution in [3.8, 4) is 0 Å². The van der Waals surface area contributed by atoms with E-state index in [1.54, 1.807) is 104 Å². The summed E-state index contributed by atoms with van der Waals surface area (Å²) in [4.78, 5) is 54.7. The second kappa shape index (κ2) is 19.9. The van der Waals surface area contributed by atoms with Crippen molar-refractivity contribution in [3.63, 3.8) is 0 Å². The fourth-order valence-electron chi connectivity index (χ4n) is 6.64. The highest BCUT2D eigenvalue weighted by Crippen LogP contribution is 2.42. The molecule has 0 fully saturated rings. The number of carbonyl (C=O) groups is 4. The van der Waals surface area contributed by atoms with Crippen molar-refractivity contribution < 1.29 is 52.5 Å². The molecule has 2 aliphatic heterocycles. The van der Waals surface area contributed by atoms with Gasteiger partial charge in [-0.25, -0.2) is 19.2 Å². The van der Waals surface area contributed by atoms with Crippen LogP contribution in [0.3, 0.4) is 0 Å². The Morgan fingerprint density at radius 2 is 1.04 bits per heavy atom. The topological polar surface area (TPSA) is 186 Å². The van der Waals surface area contributed by atoms with Gasteiger partial charge in [-0.3, -0.25) is 0 Å². The predicted molar refractivity (Wildman–Crippen MR) is 209 cm³/mol. The maximum absolute atomic E-state index is 13.9. The maximum Gasteiger partial charge on any atom is 0.337 e. The quantitative estimate of drug-likeness (QED) is 0.0478. The molecule has 2 atom stereocenters. The summed E-state index contributed by atoms with van der Waals surface area (Å²) < 4.78 is 32.3. The van der Waals surface area contributed by atoms with E-state index in [1.165, 1.54) is 14.2 Å². The van der Waals surface area contributed by atoms with Gasteiger partial charge in [-0.05, 0) is 78.6 Å². The summed E-state index contributed by atoms with van der Waals surface area (Å²) in [6.07, 6.45) is -0.884. The summed E-state index contributed by atoms with van der Waals surface area (Å²) in [6, 6.07) is 13.0. The van der Waals surface area contributed by atoms with E-state index in [0.717, 1.165) is 0 Å². The van der Waals surface area contributed by atoms with E-state index in [0.29, 0.717) is 38.8 Å². The van der Waals surface area contributed by atoms with Crippen molar-refractivity contribution in [1.29, 1.82) is 0 Å². The molecule has 15 heteroatoms. The van der Waals surface area contributed by atoms with Crippen LogP contribution in [0.4, 0.5) is 11.4 Å². The second-order valence-electron chi connectivity index (χ2n) is 14.0. The Labute approximate surface area is 332 Å². The van der Waals surface area contributed by atoms with E-state index in [4.69, 9.17) is 28.4 Å². The molecule has 2 N–H and O–H groups in total. The zero-order valence-electron chi connectivity index (χ0n) is 34.1. The van der Waals surface area contributed by atoms with Gasteiger partial charge in [-0.2, -0.15) is 0 Å². The predicted octanol–water partition coefficient (Wildman–Crippen LogP) is 6.36. The molecule has 0 saturated heterocycles. The molecule has 4 rings (SSSR count). The van der Waals surface area contributed by atoms with Gasteiger partial charge in [0, 0.05) is 54.3 Å². The number of methoxy groups -OCH3 is 2. The average molecular weight is 789 g/mol. The normalized spacial score (nSPS) is 17.4. The molecule has 2 aliphatic rings. The van der Waals surface area contributed by atoms with Crippen molar-refractivity contribution in [2.24, 2.45) is 5.11 Å². The molecular weight excluding hydrogens is 736 g/mol. The van der Waals surface area contributed by atoms with Crippen LogP contribution in [-0.2, 0) is 47.6 Å².